The molecule has 1 aromatic heterocycles. The number of fused-ring (bicyclic) bond motifs is 1. The standard InChI is InChI=1S/C17H18N4O2/c1-2-3-10-23-17(22)12-4-7-14(8-5-12)21-19-15-9-6-13(18)11-16(15)20-21/h4-9,11H,2-3,10,18H2,1H3. The van der Waals surface area contributed by atoms with E-state index in [1.54, 1.807) is 36.4 Å². The molecule has 0 fully saturated rings. The van der Waals surface area contributed by atoms with Gasteiger partial charge in [-0.15, -0.1) is 10.2 Å². The van der Waals surface area contributed by atoms with Crippen LogP contribution in [0.2, 0.25) is 0 Å². The Kier molecular flexibility index (Phi) is 4.23. The molecule has 6 heteroatoms. The van der Waals surface area contributed by atoms with Gasteiger partial charge in [0, 0.05) is 5.69 Å². The summed E-state index contributed by atoms with van der Waals surface area (Å²) in [6, 6.07) is 12.4. The number of unbranched alkanes of at least 4 members (excludes halogenated alkanes) is 1. The minimum atomic E-state index is -0.309. The Morgan fingerprint density at radius 1 is 1.13 bits per heavy atom. The maximum absolute atomic E-state index is 11.9. The van der Waals surface area contributed by atoms with Crippen LogP contribution in [-0.4, -0.2) is 27.6 Å². The first-order chi connectivity index (χ1) is 11.2. The normalized spacial score (nSPS) is 10.8. The Hall–Kier alpha value is -2.89. The summed E-state index contributed by atoms with van der Waals surface area (Å²) in [5, 5.41) is 8.78. The fraction of sp³-hybridized carbons (Fsp3) is 0.235. The summed E-state index contributed by atoms with van der Waals surface area (Å²) in [6.45, 7) is 2.50. The molecule has 2 aromatic carbocycles. The largest absolute Gasteiger partial charge is 0.462 e. The minimum absolute atomic E-state index is 0.309. The molecule has 0 aliphatic rings. The van der Waals surface area contributed by atoms with E-state index >= 15 is 0 Å². The highest BCUT2D eigenvalue weighted by Crippen LogP contribution is 2.16. The van der Waals surface area contributed by atoms with Crippen molar-refractivity contribution in [3.05, 3.63) is 48.0 Å². The number of esters is 1. The Balaban J connectivity index is 1.79. The molecule has 0 atom stereocenters. The second kappa shape index (κ2) is 6.48. The van der Waals surface area contributed by atoms with Gasteiger partial charge in [-0.25, -0.2) is 4.79 Å². The Morgan fingerprint density at radius 3 is 2.61 bits per heavy atom. The molecule has 0 aliphatic heterocycles. The molecule has 0 amide bonds. The van der Waals surface area contributed by atoms with Crippen LogP contribution in [0, 0.1) is 0 Å². The smallest absolute Gasteiger partial charge is 0.338 e. The molecule has 118 valence electrons. The van der Waals surface area contributed by atoms with Crippen molar-refractivity contribution in [1.82, 2.24) is 15.0 Å². The number of carbonyl (C=O) groups excluding carboxylic acids is 1. The lowest BCUT2D eigenvalue weighted by Crippen LogP contribution is -2.07. The van der Waals surface area contributed by atoms with Crippen LogP contribution in [-0.2, 0) is 4.74 Å². The molecular weight excluding hydrogens is 292 g/mol. The summed E-state index contributed by atoms with van der Waals surface area (Å²) in [6.07, 6.45) is 1.87. The van der Waals surface area contributed by atoms with Crippen LogP contribution in [0.3, 0.4) is 0 Å². The van der Waals surface area contributed by atoms with Crippen molar-refractivity contribution >= 4 is 22.7 Å². The quantitative estimate of drug-likeness (QED) is 0.445. The number of aromatic nitrogens is 3. The second-order valence-corrected chi connectivity index (χ2v) is 5.27. The molecule has 0 spiro atoms. The lowest BCUT2D eigenvalue weighted by molar-refractivity contribution is 0.0500. The number of benzene rings is 2. The van der Waals surface area contributed by atoms with E-state index in [1.165, 1.54) is 4.80 Å². The molecule has 0 bridgehead atoms. The van der Waals surface area contributed by atoms with Crippen LogP contribution in [0.4, 0.5) is 5.69 Å². The predicted molar refractivity (Wildman–Crippen MR) is 88.5 cm³/mol. The summed E-state index contributed by atoms with van der Waals surface area (Å²) in [5.41, 5.74) is 9.18. The lowest BCUT2D eigenvalue weighted by atomic mass is 10.2. The number of rotatable bonds is 5. The number of nitrogens with two attached hydrogens (primary N) is 1. The van der Waals surface area contributed by atoms with Gasteiger partial charge in [-0.3, -0.25) is 0 Å². The highest BCUT2D eigenvalue weighted by molar-refractivity contribution is 5.89. The maximum atomic E-state index is 11.9. The predicted octanol–water partition coefficient (Wildman–Crippen LogP) is 2.96. The van der Waals surface area contributed by atoms with Gasteiger partial charge in [0.2, 0.25) is 0 Å². The van der Waals surface area contributed by atoms with Gasteiger partial charge in [-0.2, -0.15) is 4.80 Å². The van der Waals surface area contributed by atoms with E-state index in [2.05, 4.69) is 17.1 Å². The van der Waals surface area contributed by atoms with Crippen molar-refractivity contribution in [2.24, 2.45) is 0 Å². The third-order valence-electron chi connectivity index (χ3n) is 3.47. The van der Waals surface area contributed by atoms with E-state index in [4.69, 9.17) is 10.5 Å². The number of nitrogen functional groups attached to an aromatic ring is 1. The van der Waals surface area contributed by atoms with Gasteiger partial charge in [-0.05, 0) is 48.9 Å². The van der Waals surface area contributed by atoms with Crippen molar-refractivity contribution in [2.75, 3.05) is 12.3 Å². The van der Waals surface area contributed by atoms with Crippen LogP contribution < -0.4 is 5.73 Å². The monoisotopic (exact) mass is 310 g/mol. The van der Waals surface area contributed by atoms with Crippen LogP contribution in [0.1, 0.15) is 30.1 Å². The third kappa shape index (κ3) is 3.31. The van der Waals surface area contributed by atoms with Gasteiger partial charge in [0.1, 0.15) is 11.0 Å². The molecule has 3 aromatic rings. The summed E-state index contributed by atoms with van der Waals surface area (Å²) in [5.74, 6) is -0.309. The van der Waals surface area contributed by atoms with Gasteiger partial charge in [0.15, 0.2) is 0 Å². The van der Waals surface area contributed by atoms with Crippen LogP contribution >= 0.6 is 0 Å². The number of nitrogens with zero attached hydrogens (tertiary/aromatic N) is 3. The van der Waals surface area contributed by atoms with Crippen molar-refractivity contribution in [3.8, 4) is 5.69 Å². The highest BCUT2D eigenvalue weighted by atomic mass is 16.5. The molecule has 0 aliphatic carbocycles. The number of hydrogen-bond donors (Lipinski definition) is 1. The van der Waals surface area contributed by atoms with E-state index in [0.29, 0.717) is 17.9 Å². The first-order valence-corrected chi connectivity index (χ1v) is 7.57. The summed E-state index contributed by atoms with van der Waals surface area (Å²) in [7, 11) is 0. The summed E-state index contributed by atoms with van der Waals surface area (Å²) in [4.78, 5) is 13.4. The van der Waals surface area contributed by atoms with Crippen molar-refractivity contribution in [3.63, 3.8) is 0 Å². The third-order valence-corrected chi connectivity index (χ3v) is 3.47. The van der Waals surface area contributed by atoms with Crippen LogP contribution in [0.25, 0.3) is 16.7 Å². The fourth-order valence-electron chi connectivity index (χ4n) is 2.17. The first kappa shape index (κ1) is 15.0. The average Bonchev–Trinajstić information content (AvgIpc) is 2.98. The molecule has 0 radical (unpaired) electrons. The zero-order valence-corrected chi connectivity index (χ0v) is 12.9. The molecular formula is C17H18N4O2. The topological polar surface area (TPSA) is 83.0 Å². The molecule has 0 saturated carbocycles. The summed E-state index contributed by atoms with van der Waals surface area (Å²) >= 11 is 0. The summed E-state index contributed by atoms with van der Waals surface area (Å²) < 4.78 is 5.18. The zero-order chi connectivity index (χ0) is 16.2. The number of carbonyl (C=O) groups is 1. The Morgan fingerprint density at radius 2 is 1.87 bits per heavy atom. The van der Waals surface area contributed by atoms with Gasteiger partial charge in [0.05, 0.1) is 17.9 Å². The van der Waals surface area contributed by atoms with Crippen LogP contribution in [0.5, 0.6) is 0 Å². The van der Waals surface area contributed by atoms with E-state index < -0.39 is 0 Å². The SMILES string of the molecule is CCCCOC(=O)c1ccc(-n2nc3ccc(N)cc3n2)cc1. The average molecular weight is 310 g/mol. The lowest BCUT2D eigenvalue weighted by Gasteiger charge is -2.04. The van der Waals surface area contributed by atoms with E-state index in [1.807, 2.05) is 6.07 Å². The van der Waals surface area contributed by atoms with Gasteiger partial charge < -0.3 is 10.5 Å². The van der Waals surface area contributed by atoms with Crippen LogP contribution in [0.15, 0.2) is 42.5 Å². The van der Waals surface area contributed by atoms with E-state index in [-0.39, 0.29) is 5.97 Å². The van der Waals surface area contributed by atoms with Crippen molar-refractivity contribution < 1.29 is 9.53 Å². The molecule has 2 N–H and O–H groups in total. The van der Waals surface area contributed by atoms with Crippen molar-refractivity contribution in [2.45, 2.75) is 19.8 Å². The number of hydrogen-bond acceptors (Lipinski definition) is 5. The Bertz CT molecular complexity index is 824. The number of anilines is 1. The first-order valence-electron chi connectivity index (χ1n) is 7.57. The number of ether oxygens (including phenoxy) is 1. The van der Waals surface area contributed by atoms with Gasteiger partial charge >= 0.3 is 5.97 Å². The highest BCUT2D eigenvalue weighted by Gasteiger charge is 2.09. The van der Waals surface area contributed by atoms with Gasteiger partial charge in [0.25, 0.3) is 0 Å². The molecule has 0 saturated heterocycles. The van der Waals surface area contributed by atoms with Gasteiger partial charge in [-0.1, -0.05) is 13.3 Å². The molecule has 1 heterocycles. The molecule has 0 unspecified atom stereocenters. The minimum Gasteiger partial charge on any atom is -0.462 e. The van der Waals surface area contributed by atoms with E-state index in [0.717, 1.165) is 29.6 Å². The van der Waals surface area contributed by atoms with E-state index in [9.17, 15) is 4.79 Å². The molecule has 3 rings (SSSR count). The zero-order valence-electron chi connectivity index (χ0n) is 12.9. The van der Waals surface area contributed by atoms with Crippen molar-refractivity contribution in [1.29, 1.82) is 0 Å². The Labute approximate surface area is 133 Å². The fourth-order valence-corrected chi connectivity index (χ4v) is 2.17. The maximum Gasteiger partial charge on any atom is 0.338 e. The molecule has 23 heavy (non-hydrogen) atoms. The molecule has 6 nitrogen and oxygen atoms in total. The second-order valence-electron chi connectivity index (χ2n) is 5.27.